The molecule has 0 spiro atoms. The zero-order valence-electron chi connectivity index (χ0n) is 11.7. The number of imidazole rings is 1. The van der Waals surface area contributed by atoms with Gasteiger partial charge >= 0.3 is 0 Å². The van der Waals surface area contributed by atoms with Crippen LogP contribution in [0.2, 0.25) is 0 Å². The molecule has 0 radical (unpaired) electrons. The molecule has 2 rings (SSSR count). The van der Waals surface area contributed by atoms with E-state index in [2.05, 4.69) is 46.6 Å². The third-order valence-corrected chi connectivity index (χ3v) is 3.40. The monoisotopic (exact) mass is 257 g/mol. The van der Waals surface area contributed by atoms with Gasteiger partial charge in [0, 0.05) is 12.6 Å². The summed E-state index contributed by atoms with van der Waals surface area (Å²) in [4.78, 5) is 4.40. The predicted octanol–water partition coefficient (Wildman–Crippen LogP) is 3.37. The smallest absolute Gasteiger partial charge is 0.0958 e. The van der Waals surface area contributed by atoms with Crippen LogP contribution in [0.3, 0.4) is 0 Å². The molecule has 1 heterocycles. The van der Waals surface area contributed by atoms with Crippen LogP contribution in [-0.2, 0) is 6.54 Å². The van der Waals surface area contributed by atoms with Crippen molar-refractivity contribution in [2.45, 2.75) is 38.8 Å². The van der Waals surface area contributed by atoms with Crippen LogP contribution in [0.15, 0.2) is 43.2 Å². The summed E-state index contributed by atoms with van der Waals surface area (Å²) in [7, 11) is 0. The normalized spacial score (nSPS) is 12.7. The molecule has 102 valence electrons. The van der Waals surface area contributed by atoms with Crippen molar-refractivity contribution in [2.75, 3.05) is 6.54 Å². The third kappa shape index (κ3) is 3.93. The average Bonchev–Trinajstić information content (AvgIpc) is 2.85. The van der Waals surface area contributed by atoms with E-state index in [0.29, 0.717) is 6.04 Å². The Morgan fingerprint density at radius 2 is 2.26 bits per heavy atom. The maximum atomic E-state index is 4.40. The summed E-state index contributed by atoms with van der Waals surface area (Å²) in [6.45, 7) is 8.05. The van der Waals surface area contributed by atoms with Crippen molar-refractivity contribution < 1.29 is 0 Å². The molecule has 0 bridgehead atoms. The highest BCUT2D eigenvalue weighted by Crippen LogP contribution is 2.11. The minimum atomic E-state index is 0.567. The Balaban J connectivity index is 1.75. The van der Waals surface area contributed by atoms with Crippen LogP contribution in [0.4, 0.5) is 0 Å². The van der Waals surface area contributed by atoms with Gasteiger partial charge < -0.3 is 9.88 Å². The molecule has 0 amide bonds. The third-order valence-electron chi connectivity index (χ3n) is 3.40. The van der Waals surface area contributed by atoms with Crippen molar-refractivity contribution in [3.8, 4) is 0 Å². The molecular weight excluding hydrogens is 234 g/mol. The van der Waals surface area contributed by atoms with Crippen molar-refractivity contribution in [2.24, 2.45) is 0 Å². The zero-order chi connectivity index (χ0) is 13.5. The van der Waals surface area contributed by atoms with Gasteiger partial charge in [-0.15, -0.1) is 6.58 Å². The van der Waals surface area contributed by atoms with Crippen molar-refractivity contribution in [3.63, 3.8) is 0 Å². The second-order valence-corrected chi connectivity index (χ2v) is 5.00. The van der Waals surface area contributed by atoms with Gasteiger partial charge in [-0.05, 0) is 44.9 Å². The molecule has 0 fully saturated rings. The van der Waals surface area contributed by atoms with Gasteiger partial charge in [0.05, 0.1) is 17.4 Å². The molecule has 1 aromatic heterocycles. The summed E-state index contributed by atoms with van der Waals surface area (Å²) in [5, 5.41) is 3.55. The van der Waals surface area contributed by atoms with Crippen LogP contribution >= 0.6 is 0 Å². The number of aryl methyl sites for hydroxylation is 1. The SMILES string of the molecule is C=CCCC(C)NCCCn1cnc2ccccc21. The van der Waals surface area contributed by atoms with Crippen LogP contribution in [-0.4, -0.2) is 22.1 Å². The van der Waals surface area contributed by atoms with E-state index in [1.807, 2.05) is 18.5 Å². The number of benzene rings is 1. The first kappa shape index (κ1) is 13.8. The van der Waals surface area contributed by atoms with E-state index in [9.17, 15) is 0 Å². The highest BCUT2D eigenvalue weighted by molar-refractivity contribution is 5.74. The number of allylic oxidation sites excluding steroid dienone is 1. The second-order valence-electron chi connectivity index (χ2n) is 5.00. The van der Waals surface area contributed by atoms with Gasteiger partial charge in [-0.2, -0.15) is 0 Å². The Labute approximate surface area is 115 Å². The minimum absolute atomic E-state index is 0.567. The highest BCUT2D eigenvalue weighted by atomic mass is 15.0. The maximum Gasteiger partial charge on any atom is 0.0958 e. The van der Waals surface area contributed by atoms with E-state index in [1.54, 1.807) is 0 Å². The average molecular weight is 257 g/mol. The summed E-state index contributed by atoms with van der Waals surface area (Å²) in [5.41, 5.74) is 2.30. The van der Waals surface area contributed by atoms with E-state index in [0.717, 1.165) is 37.9 Å². The lowest BCUT2D eigenvalue weighted by atomic mass is 10.2. The second kappa shape index (κ2) is 7.10. The fraction of sp³-hybridized carbons (Fsp3) is 0.438. The van der Waals surface area contributed by atoms with Gasteiger partial charge in [0.2, 0.25) is 0 Å². The molecule has 0 aliphatic carbocycles. The Bertz CT molecular complexity index is 515. The number of nitrogens with zero attached hydrogens (tertiary/aromatic N) is 2. The van der Waals surface area contributed by atoms with Gasteiger partial charge in [-0.3, -0.25) is 0 Å². The van der Waals surface area contributed by atoms with Gasteiger partial charge in [0.15, 0.2) is 0 Å². The first-order valence-electron chi connectivity index (χ1n) is 7.05. The van der Waals surface area contributed by atoms with E-state index in [1.165, 1.54) is 5.52 Å². The quantitative estimate of drug-likeness (QED) is 0.580. The summed E-state index contributed by atoms with van der Waals surface area (Å²) < 4.78 is 2.23. The van der Waals surface area contributed by atoms with Gasteiger partial charge in [0.1, 0.15) is 0 Å². The number of aromatic nitrogens is 2. The summed E-state index contributed by atoms with van der Waals surface area (Å²) in [5.74, 6) is 0. The number of rotatable bonds is 8. The lowest BCUT2D eigenvalue weighted by Gasteiger charge is -2.12. The Kier molecular flexibility index (Phi) is 5.16. The van der Waals surface area contributed by atoms with Gasteiger partial charge in [-0.1, -0.05) is 18.2 Å². The molecule has 1 N–H and O–H groups in total. The first-order chi connectivity index (χ1) is 9.31. The Morgan fingerprint density at radius 1 is 1.42 bits per heavy atom. The van der Waals surface area contributed by atoms with Crippen molar-refractivity contribution in [1.29, 1.82) is 0 Å². The summed E-state index contributed by atoms with van der Waals surface area (Å²) >= 11 is 0. The Morgan fingerprint density at radius 3 is 3.11 bits per heavy atom. The molecule has 1 atom stereocenters. The zero-order valence-corrected chi connectivity index (χ0v) is 11.7. The maximum absolute atomic E-state index is 4.40. The molecule has 19 heavy (non-hydrogen) atoms. The lowest BCUT2D eigenvalue weighted by molar-refractivity contribution is 0.494. The van der Waals surface area contributed by atoms with E-state index in [-0.39, 0.29) is 0 Å². The first-order valence-corrected chi connectivity index (χ1v) is 7.05. The molecule has 0 saturated heterocycles. The summed E-state index contributed by atoms with van der Waals surface area (Å²) in [6.07, 6.45) is 7.29. The topological polar surface area (TPSA) is 29.9 Å². The lowest BCUT2D eigenvalue weighted by Crippen LogP contribution is -2.27. The van der Waals surface area contributed by atoms with Crippen LogP contribution < -0.4 is 5.32 Å². The molecule has 3 heteroatoms. The van der Waals surface area contributed by atoms with E-state index in [4.69, 9.17) is 0 Å². The number of hydrogen-bond donors (Lipinski definition) is 1. The van der Waals surface area contributed by atoms with Crippen molar-refractivity contribution in [3.05, 3.63) is 43.2 Å². The number of para-hydroxylation sites is 2. The van der Waals surface area contributed by atoms with Crippen LogP contribution in [0.1, 0.15) is 26.2 Å². The molecule has 0 aliphatic heterocycles. The minimum Gasteiger partial charge on any atom is -0.331 e. The fourth-order valence-electron chi connectivity index (χ4n) is 2.26. The van der Waals surface area contributed by atoms with Crippen molar-refractivity contribution >= 4 is 11.0 Å². The standard InChI is InChI=1S/C16H23N3/c1-3-4-8-14(2)17-11-7-12-19-13-18-15-9-5-6-10-16(15)19/h3,5-6,9-10,13-14,17H,1,4,7-8,11-12H2,2H3. The van der Waals surface area contributed by atoms with Crippen molar-refractivity contribution in [1.82, 2.24) is 14.9 Å². The van der Waals surface area contributed by atoms with Gasteiger partial charge in [0.25, 0.3) is 0 Å². The molecular formula is C16H23N3. The van der Waals surface area contributed by atoms with Crippen LogP contribution in [0, 0.1) is 0 Å². The predicted molar refractivity (Wildman–Crippen MR) is 81.2 cm³/mol. The molecule has 1 unspecified atom stereocenters. The Hall–Kier alpha value is -1.61. The number of fused-ring (bicyclic) bond motifs is 1. The number of nitrogens with one attached hydrogen (secondary N) is 1. The largest absolute Gasteiger partial charge is 0.331 e. The number of hydrogen-bond acceptors (Lipinski definition) is 2. The molecule has 0 aliphatic rings. The highest BCUT2D eigenvalue weighted by Gasteiger charge is 2.02. The molecule has 0 saturated carbocycles. The molecule has 3 nitrogen and oxygen atoms in total. The van der Waals surface area contributed by atoms with Crippen LogP contribution in [0.5, 0.6) is 0 Å². The van der Waals surface area contributed by atoms with E-state index >= 15 is 0 Å². The van der Waals surface area contributed by atoms with Crippen LogP contribution in [0.25, 0.3) is 11.0 Å². The summed E-state index contributed by atoms with van der Waals surface area (Å²) in [6, 6.07) is 8.85. The molecule has 2 aromatic rings. The van der Waals surface area contributed by atoms with E-state index < -0.39 is 0 Å². The fourth-order valence-corrected chi connectivity index (χ4v) is 2.26. The van der Waals surface area contributed by atoms with Gasteiger partial charge in [-0.25, -0.2) is 4.98 Å². The molecule has 1 aromatic carbocycles.